The molecule has 0 amide bonds. The van der Waals surface area contributed by atoms with E-state index in [1.807, 2.05) is 6.92 Å². The van der Waals surface area contributed by atoms with Crippen molar-refractivity contribution >= 4 is 10.0 Å². The third kappa shape index (κ3) is 3.51. The summed E-state index contributed by atoms with van der Waals surface area (Å²) in [5.74, 6) is -0.460. The van der Waals surface area contributed by atoms with Crippen LogP contribution in [0.1, 0.15) is 37.7 Å². The summed E-state index contributed by atoms with van der Waals surface area (Å²) in [6.45, 7) is 2.63. The number of benzene rings is 1. The maximum atomic E-state index is 12.3. The van der Waals surface area contributed by atoms with Crippen molar-refractivity contribution in [3.8, 4) is 0 Å². The van der Waals surface area contributed by atoms with Gasteiger partial charge in [0, 0.05) is 19.4 Å². The van der Waals surface area contributed by atoms with Crippen LogP contribution in [-0.2, 0) is 19.5 Å². The lowest BCUT2D eigenvalue weighted by molar-refractivity contribution is -0.186. The van der Waals surface area contributed by atoms with Gasteiger partial charge in [0.15, 0.2) is 5.79 Å². The number of sulfonamides is 1. The molecule has 1 spiro atoms. The van der Waals surface area contributed by atoms with Crippen LogP contribution >= 0.6 is 0 Å². The minimum Gasteiger partial charge on any atom is -0.347 e. The first-order chi connectivity index (χ1) is 10.5. The van der Waals surface area contributed by atoms with Crippen molar-refractivity contribution in [1.29, 1.82) is 0 Å². The van der Waals surface area contributed by atoms with Gasteiger partial charge < -0.3 is 9.47 Å². The molecule has 1 aliphatic heterocycles. The van der Waals surface area contributed by atoms with Crippen molar-refractivity contribution in [2.24, 2.45) is 0 Å². The first-order valence-corrected chi connectivity index (χ1v) is 9.36. The largest absolute Gasteiger partial charge is 0.347 e. The molecule has 3 rings (SSSR count). The van der Waals surface area contributed by atoms with E-state index in [1.54, 1.807) is 24.3 Å². The summed E-state index contributed by atoms with van der Waals surface area (Å²) in [7, 11) is -3.49. The Morgan fingerprint density at radius 3 is 2.55 bits per heavy atom. The molecule has 1 aromatic carbocycles. The van der Waals surface area contributed by atoms with Crippen molar-refractivity contribution < 1.29 is 17.9 Å². The van der Waals surface area contributed by atoms with Gasteiger partial charge >= 0.3 is 0 Å². The van der Waals surface area contributed by atoms with E-state index in [2.05, 4.69) is 4.72 Å². The lowest BCUT2D eigenvalue weighted by Crippen LogP contribution is -2.37. The van der Waals surface area contributed by atoms with Crippen molar-refractivity contribution in [1.82, 2.24) is 4.72 Å². The highest BCUT2D eigenvalue weighted by Crippen LogP contribution is 2.37. The molecule has 0 bridgehead atoms. The van der Waals surface area contributed by atoms with Crippen LogP contribution in [0.3, 0.4) is 0 Å². The number of ether oxygens (including phenoxy) is 2. The Bertz CT molecular complexity index is 606. The highest BCUT2D eigenvalue weighted by molar-refractivity contribution is 7.89. The first-order valence-electron chi connectivity index (χ1n) is 7.87. The molecule has 1 aromatic rings. The summed E-state index contributed by atoms with van der Waals surface area (Å²) in [4.78, 5) is 0.282. The van der Waals surface area contributed by atoms with Gasteiger partial charge in [0.1, 0.15) is 0 Å². The summed E-state index contributed by atoms with van der Waals surface area (Å²) in [6, 6.07) is 6.82. The second-order valence-electron chi connectivity index (χ2n) is 6.19. The normalized spacial score (nSPS) is 24.7. The average molecular weight is 325 g/mol. The fourth-order valence-corrected chi connectivity index (χ4v) is 4.14. The van der Waals surface area contributed by atoms with E-state index in [9.17, 15) is 8.42 Å². The summed E-state index contributed by atoms with van der Waals surface area (Å²) < 4.78 is 39.0. The number of hydrogen-bond acceptors (Lipinski definition) is 4. The van der Waals surface area contributed by atoms with Gasteiger partial charge in [0.25, 0.3) is 0 Å². The van der Waals surface area contributed by atoms with Crippen molar-refractivity contribution in [3.63, 3.8) is 0 Å². The van der Waals surface area contributed by atoms with Crippen LogP contribution in [0.4, 0.5) is 0 Å². The smallest absolute Gasteiger partial charge is 0.240 e. The van der Waals surface area contributed by atoms with E-state index in [1.165, 1.54) is 6.42 Å². The number of hydrogen-bond donors (Lipinski definition) is 1. The molecule has 0 aromatic heterocycles. The number of nitrogens with one attached hydrogen (secondary N) is 1. The molecule has 1 saturated carbocycles. The van der Waals surface area contributed by atoms with Gasteiger partial charge in [-0.25, -0.2) is 13.1 Å². The van der Waals surface area contributed by atoms with Gasteiger partial charge in [-0.2, -0.15) is 0 Å². The molecule has 22 heavy (non-hydrogen) atoms. The van der Waals surface area contributed by atoms with Gasteiger partial charge in [-0.05, 0) is 31.9 Å². The second-order valence-corrected chi connectivity index (χ2v) is 7.95. The Kier molecular flexibility index (Phi) is 4.54. The summed E-state index contributed by atoms with van der Waals surface area (Å²) in [6.07, 6.45) is 5.06. The van der Waals surface area contributed by atoms with Gasteiger partial charge in [-0.1, -0.05) is 24.1 Å². The zero-order valence-electron chi connectivity index (χ0n) is 12.9. The highest BCUT2D eigenvalue weighted by Gasteiger charge is 2.42. The lowest BCUT2D eigenvalue weighted by Gasteiger charge is -2.31. The number of aryl methyl sites for hydroxylation is 1. The van der Waals surface area contributed by atoms with Gasteiger partial charge in [0.05, 0.1) is 17.6 Å². The molecule has 0 unspecified atom stereocenters. The first kappa shape index (κ1) is 15.9. The third-order valence-electron chi connectivity index (χ3n) is 4.36. The molecular weight excluding hydrogens is 302 g/mol. The molecule has 1 heterocycles. The van der Waals surface area contributed by atoms with E-state index in [-0.39, 0.29) is 17.5 Å². The quantitative estimate of drug-likeness (QED) is 0.923. The molecule has 1 N–H and O–H groups in total. The Hall–Kier alpha value is -0.950. The van der Waals surface area contributed by atoms with E-state index >= 15 is 0 Å². The Balaban J connectivity index is 1.57. The van der Waals surface area contributed by atoms with Crippen molar-refractivity contribution in [3.05, 3.63) is 29.8 Å². The fourth-order valence-electron chi connectivity index (χ4n) is 3.07. The van der Waals surface area contributed by atoms with Crippen LogP contribution in [0.25, 0.3) is 0 Å². The molecule has 0 radical (unpaired) electrons. The maximum absolute atomic E-state index is 12.3. The molecule has 1 saturated heterocycles. The van der Waals surface area contributed by atoms with E-state index in [0.29, 0.717) is 6.61 Å². The van der Waals surface area contributed by atoms with Crippen LogP contribution < -0.4 is 4.72 Å². The highest BCUT2D eigenvalue weighted by atomic mass is 32.2. The Labute approximate surface area is 132 Å². The average Bonchev–Trinajstić information content (AvgIpc) is 2.89. The molecule has 122 valence electrons. The second kappa shape index (κ2) is 6.28. The zero-order chi connectivity index (χ0) is 15.6. The van der Waals surface area contributed by atoms with Crippen LogP contribution in [0.5, 0.6) is 0 Å². The Morgan fingerprint density at radius 1 is 1.18 bits per heavy atom. The minimum atomic E-state index is -3.49. The fraction of sp³-hybridized carbons (Fsp3) is 0.625. The van der Waals surface area contributed by atoms with E-state index < -0.39 is 15.8 Å². The summed E-state index contributed by atoms with van der Waals surface area (Å²) in [5.41, 5.74) is 1.03. The van der Waals surface area contributed by atoms with Gasteiger partial charge in [0.2, 0.25) is 10.0 Å². The Morgan fingerprint density at radius 2 is 1.86 bits per heavy atom. The van der Waals surface area contributed by atoms with Crippen LogP contribution in [0.15, 0.2) is 29.2 Å². The number of rotatable bonds is 4. The van der Waals surface area contributed by atoms with Crippen LogP contribution in [-0.4, -0.2) is 33.5 Å². The molecule has 2 fully saturated rings. The zero-order valence-corrected chi connectivity index (χ0v) is 13.7. The SMILES string of the molecule is Cc1ccc(S(=O)(=O)NC[C@@H]2COC3(CCCCC3)O2)cc1. The molecule has 5 nitrogen and oxygen atoms in total. The minimum absolute atomic E-state index is 0.210. The molecule has 1 aliphatic carbocycles. The lowest BCUT2D eigenvalue weighted by atomic mass is 9.94. The van der Waals surface area contributed by atoms with Crippen LogP contribution in [0.2, 0.25) is 0 Å². The molecular formula is C16H23NO4S. The standard InChI is InChI=1S/C16H23NO4S/c1-13-5-7-15(8-6-13)22(18,19)17-11-14-12-20-16(21-14)9-3-2-4-10-16/h5-8,14,17H,2-4,9-12H2,1H3/t14-/m1/s1. The predicted molar refractivity (Wildman–Crippen MR) is 83.0 cm³/mol. The topological polar surface area (TPSA) is 64.6 Å². The van der Waals surface area contributed by atoms with Crippen LogP contribution in [0, 0.1) is 6.92 Å². The monoisotopic (exact) mass is 325 g/mol. The molecule has 2 aliphatic rings. The molecule has 6 heteroatoms. The summed E-state index contributed by atoms with van der Waals surface area (Å²) >= 11 is 0. The maximum Gasteiger partial charge on any atom is 0.240 e. The van der Waals surface area contributed by atoms with Gasteiger partial charge in [-0.3, -0.25) is 0 Å². The van der Waals surface area contributed by atoms with Gasteiger partial charge in [-0.15, -0.1) is 0 Å². The van der Waals surface area contributed by atoms with Crippen molar-refractivity contribution in [2.75, 3.05) is 13.2 Å². The van der Waals surface area contributed by atoms with E-state index in [0.717, 1.165) is 31.2 Å². The van der Waals surface area contributed by atoms with E-state index in [4.69, 9.17) is 9.47 Å². The van der Waals surface area contributed by atoms with Crippen molar-refractivity contribution in [2.45, 2.75) is 55.8 Å². The predicted octanol–water partition coefficient (Wildman–Crippen LogP) is 2.35. The summed E-state index contributed by atoms with van der Waals surface area (Å²) in [5, 5.41) is 0. The molecule has 1 atom stereocenters. The third-order valence-corrected chi connectivity index (χ3v) is 5.80.